The van der Waals surface area contributed by atoms with Crippen molar-refractivity contribution in [3.8, 4) is 0 Å². The molecule has 0 saturated carbocycles. The van der Waals surface area contributed by atoms with Crippen LogP contribution in [0.4, 0.5) is 0 Å². The van der Waals surface area contributed by atoms with Gasteiger partial charge in [0, 0.05) is 38.1 Å². The fraction of sp³-hybridized carbons (Fsp3) is 0.286. The van der Waals surface area contributed by atoms with Crippen LogP contribution in [0.25, 0.3) is 0 Å². The standard InChI is InChI=1S/C21H22N4O2/c1-15-11-22-8-6-17(15)12-23-21(26)20-10-19(27-24-20)14-25-9-7-16-4-2-3-5-18(16)13-25/h2-6,8,10-11H,7,9,12-14H2,1H3,(H,23,26). The van der Waals surface area contributed by atoms with Crippen LogP contribution in [0.1, 0.15) is 38.5 Å². The van der Waals surface area contributed by atoms with Crippen molar-refractivity contribution in [1.82, 2.24) is 20.4 Å². The molecule has 4 rings (SSSR count). The SMILES string of the molecule is Cc1cnccc1CNC(=O)c1cc(CN2CCc3ccccc3C2)on1. The van der Waals surface area contributed by atoms with Crippen molar-refractivity contribution in [3.05, 3.63) is 82.5 Å². The van der Waals surface area contributed by atoms with E-state index in [-0.39, 0.29) is 5.91 Å². The van der Waals surface area contributed by atoms with E-state index in [0.717, 1.165) is 30.6 Å². The number of benzene rings is 1. The highest BCUT2D eigenvalue weighted by Crippen LogP contribution is 2.20. The van der Waals surface area contributed by atoms with E-state index in [1.807, 2.05) is 13.0 Å². The summed E-state index contributed by atoms with van der Waals surface area (Å²) in [5.74, 6) is 0.477. The average molecular weight is 362 g/mol. The van der Waals surface area contributed by atoms with E-state index in [1.54, 1.807) is 18.5 Å². The van der Waals surface area contributed by atoms with Gasteiger partial charge in [-0.2, -0.15) is 0 Å². The van der Waals surface area contributed by atoms with Crippen molar-refractivity contribution in [2.45, 2.75) is 33.0 Å². The first-order valence-corrected chi connectivity index (χ1v) is 9.11. The molecule has 0 bridgehead atoms. The van der Waals surface area contributed by atoms with E-state index in [0.29, 0.717) is 24.5 Å². The normalized spacial score (nSPS) is 14.0. The molecule has 1 aliphatic rings. The summed E-state index contributed by atoms with van der Waals surface area (Å²) in [5, 5.41) is 6.82. The zero-order chi connectivity index (χ0) is 18.6. The summed E-state index contributed by atoms with van der Waals surface area (Å²) in [6, 6.07) is 12.1. The summed E-state index contributed by atoms with van der Waals surface area (Å²) in [4.78, 5) is 18.7. The maximum absolute atomic E-state index is 12.3. The van der Waals surface area contributed by atoms with Gasteiger partial charge in [-0.15, -0.1) is 0 Å². The van der Waals surface area contributed by atoms with Gasteiger partial charge in [-0.05, 0) is 41.7 Å². The molecule has 1 aromatic carbocycles. The van der Waals surface area contributed by atoms with Crippen LogP contribution < -0.4 is 5.32 Å². The second-order valence-corrected chi connectivity index (χ2v) is 6.89. The quantitative estimate of drug-likeness (QED) is 0.756. The Labute approximate surface area is 158 Å². The highest BCUT2D eigenvalue weighted by Gasteiger charge is 2.19. The molecule has 0 radical (unpaired) electrons. The summed E-state index contributed by atoms with van der Waals surface area (Å²) in [5.41, 5.74) is 5.17. The van der Waals surface area contributed by atoms with Crippen LogP contribution >= 0.6 is 0 Å². The first-order valence-electron chi connectivity index (χ1n) is 9.11. The fourth-order valence-corrected chi connectivity index (χ4v) is 3.37. The van der Waals surface area contributed by atoms with Gasteiger partial charge in [-0.1, -0.05) is 29.4 Å². The Morgan fingerprint density at radius 1 is 1.26 bits per heavy atom. The smallest absolute Gasteiger partial charge is 0.273 e. The lowest BCUT2D eigenvalue weighted by molar-refractivity contribution is 0.0941. The second kappa shape index (κ2) is 7.72. The van der Waals surface area contributed by atoms with E-state index in [4.69, 9.17) is 4.52 Å². The molecule has 0 atom stereocenters. The van der Waals surface area contributed by atoms with Gasteiger partial charge in [-0.25, -0.2) is 0 Å². The molecule has 0 spiro atoms. The largest absolute Gasteiger partial charge is 0.359 e. The van der Waals surface area contributed by atoms with Crippen molar-refractivity contribution in [3.63, 3.8) is 0 Å². The molecule has 0 saturated heterocycles. The summed E-state index contributed by atoms with van der Waals surface area (Å²) in [6.45, 7) is 4.93. The molecular weight excluding hydrogens is 340 g/mol. The highest BCUT2D eigenvalue weighted by atomic mass is 16.5. The molecule has 2 aromatic heterocycles. The Bertz CT molecular complexity index is 951. The summed E-state index contributed by atoms with van der Waals surface area (Å²) < 4.78 is 5.39. The highest BCUT2D eigenvalue weighted by molar-refractivity contribution is 5.92. The predicted molar refractivity (Wildman–Crippen MR) is 101 cm³/mol. The van der Waals surface area contributed by atoms with E-state index in [1.165, 1.54) is 11.1 Å². The molecule has 27 heavy (non-hydrogen) atoms. The molecule has 1 amide bonds. The third kappa shape index (κ3) is 4.06. The Kier molecular flexibility index (Phi) is 4.98. The van der Waals surface area contributed by atoms with E-state index >= 15 is 0 Å². The van der Waals surface area contributed by atoms with Crippen LogP contribution in [0.5, 0.6) is 0 Å². The zero-order valence-electron chi connectivity index (χ0n) is 15.3. The number of pyridine rings is 1. The van der Waals surface area contributed by atoms with Crippen LogP contribution in [0, 0.1) is 6.92 Å². The second-order valence-electron chi connectivity index (χ2n) is 6.89. The van der Waals surface area contributed by atoms with Gasteiger partial charge in [0.1, 0.15) is 0 Å². The third-order valence-electron chi connectivity index (χ3n) is 4.96. The minimum atomic E-state index is -0.231. The predicted octanol–water partition coefficient (Wildman–Crippen LogP) is 2.87. The van der Waals surface area contributed by atoms with E-state index < -0.39 is 0 Å². The molecule has 0 unspecified atom stereocenters. The van der Waals surface area contributed by atoms with Gasteiger partial charge < -0.3 is 9.84 Å². The Balaban J connectivity index is 1.35. The monoisotopic (exact) mass is 362 g/mol. The lowest BCUT2D eigenvalue weighted by Crippen LogP contribution is -2.29. The number of carbonyl (C=O) groups excluding carboxylic acids is 1. The lowest BCUT2D eigenvalue weighted by atomic mass is 10.00. The number of aryl methyl sites for hydroxylation is 1. The molecule has 3 heterocycles. The molecule has 0 fully saturated rings. The number of nitrogens with one attached hydrogen (secondary N) is 1. The third-order valence-corrected chi connectivity index (χ3v) is 4.96. The molecule has 6 nitrogen and oxygen atoms in total. The van der Waals surface area contributed by atoms with Crippen molar-refractivity contribution in [1.29, 1.82) is 0 Å². The van der Waals surface area contributed by atoms with E-state index in [9.17, 15) is 4.79 Å². The van der Waals surface area contributed by atoms with Gasteiger partial charge in [0.25, 0.3) is 5.91 Å². The number of fused-ring (bicyclic) bond motifs is 1. The maximum Gasteiger partial charge on any atom is 0.273 e. The Morgan fingerprint density at radius 2 is 2.11 bits per heavy atom. The number of carbonyl (C=O) groups is 1. The van der Waals surface area contributed by atoms with Gasteiger partial charge in [0.05, 0.1) is 6.54 Å². The molecule has 1 aliphatic heterocycles. The van der Waals surface area contributed by atoms with Gasteiger partial charge in [-0.3, -0.25) is 14.7 Å². The minimum Gasteiger partial charge on any atom is -0.359 e. The van der Waals surface area contributed by atoms with Gasteiger partial charge in [0.2, 0.25) is 0 Å². The number of hydrogen-bond acceptors (Lipinski definition) is 5. The minimum absolute atomic E-state index is 0.231. The summed E-state index contributed by atoms with van der Waals surface area (Å²) >= 11 is 0. The number of rotatable bonds is 5. The molecule has 3 aromatic rings. The van der Waals surface area contributed by atoms with Crippen LogP contribution in [-0.4, -0.2) is 27.5 Å². The van der Waals surface area contributed by atoms with Crippen molar-refractivity contribution >= 4 is 5.91 Å². The average Bonchev–Trinajstić information content (AvgIpc) is 3.15. The Morgan fingerprint density at radius 3 is 2.96 bits per heavy atom. The summed E-state index contributed by atoms with van der Waals surface area (Å²) in [6.07, 6.45) is 4.54. The van der Waals surface area contributed by atoms with Gasteiger partial charge in [0.15, 0.2) is 11.5 Å². The van der Waals surface area contributed by atoms with Crippen LogP contribution in [0.15, 0.2) is 53.3 Å². The summed E-state index contributed by atoms with van der Waals surface area (Å²) in [7, 11) is 0. The van der Waals surface area contributed by atoms with Crippen LogP contribution in [0.3, 0.4) is 0 Å². The topological polar surface area (TPSA) is 71.3 Å². The fourth-order valence-electron chi connectivity index (χ4n) is 3.37. The molecular formula is C21H22N4O2. The first-order chi connectivity index (χ1) is 13.2. The number of hydrogen-bond donors (Lipinski definition) is 1. The molecule has 1 N–H and O–H groups in total. The zero-order valence-corrected chi connectivity index (χ0v) is 15.3. The molecule has 0 aliphatic carbocycles. The van der Waals surface area contributed by atoms with Crippen molar-refractivity contribution in [2.24, 2.45) is 0 Å². The van der Waals surface area contributed by atoms with Gasteiger partial charge >= 0.3 is 0 Å². The number of amides is 1. The van der Waals surface area contributed by atoms with Crippen molar-refractivity contribution < 1.29 is 9.32 Å². The first kappa shape index (κ1) is 17.4. The Hall–Kier alpha value is -2.99. The van der Waals surface area contributed by atoms with E-state index in [2.05, 4.69) is 44.6 Å². The molecule has 6 heteroatoms. The number of nitrogens with zero attached hydrogens (tertiary/aromatic N) is 3. The van der Waals surface area contributed by atoms with Crippen LogP contribution in [0.2, 0.25) is 0 Å². The maximum atomic E-state index is 12.3. The lowest BCUT2D eigenvalue weighted by Gasteiger charge is -2.27. The molecule has 138 valence electrons. The van der Waals surface area contributed by atoms with Crippen molar-refractivity contribution in [2.75, 3.05) is 6.54 Å². The number of aromatic nitrogens is 2. The van der Waals surface area contributed by atoms with Crippen LogP contribution in [-0.2, 0) is 26.1 Å².